The Morgan fingerprint density at radius 2 is 0.950 bits per heavy atom. The maximum atomic E-state index is 11.1. The molecule has 0 heterocycles. The topological polar surface area (TPSA) is 112 Å². The number of nitrogens with zero attached hydrogens (tertiary/aromatic N) is 1. The van der Waals surface area contributed by atoms with E-state index < -0.39 is 30.0 Å². The van der Waals surface area contributed by atoms with Crippen LogP contribution in [-0.4, -0.2) is 58.1 Å². The van der Waals surface area contributed by atoms with Gasteiger partial charge in [-0.25, -0.2) is 8.42 Å². The standard InChI is InChI=1S/C21H46N.C10H8O6S2/c1-5-6-7-8-9-10-11-12-13-14-15-16-17-18-19-20-21-22(2,3)4;11-17(12,13)9-5-1-3-7-8(9)4-2-6-10(7)18(14,15)16/h5-21H2,1-4H3;1-6H,(H,11,12,13)(H,14,15,16)/q+1;/p-1. The van der Waals surface area contributed by atoms with Crippen LogP contribution in [0.4, 0.5) is 0 Å². The van der Waals surface area contributed by atoms with Crippen LogP contribution in [0.3, 0.4) is 0 Å². The van der Waals surface area contributed by atoms with Crippen LogP contribution in [-0.2, 0) is 20.2 Å². The fraction of sp³-hybridized carbons (Fsp3) is 0.677. The van der Waals surface area contributed by atoms with Crippen molar-refractivity contribution in [3.63, 3.8) is 0 Å². The second-order valence-corrected chi connectivity index (χ2v) is 14.6. The van der Waals surface area contributed by atoms with Crippen LogP contribution in [0.5, 0.6) is 0 Å². The highest BCUT2D eigenvalue weighted by molar-refractivity contribution is 7.86. The third-order valence-electron chi connectivity index (χ3n) is 7.07. The van der Waals surface area contributed by atoms with Gasteiger partial charge in [0.25, 0.3) is 10.1 Å². The minimum atomic E-state index is -4.72. The molecule has 0 saturated carbocycles. The van der Waals surface area contributed by atoms with Gasteiger partial charge in [0, 0.05) is 10.8 Å². The quantitative estimate of drug-likeness (QED) is 0.0996. The van der Waals surface area contributed by atoms with E-state index in [1.165, 1.54) is 134 Å². The Kier molecular flexibility index (Phi) is 17.2. The maximum absolute atomic E-state index is 11.1. The zero-order chi connectivity index (χ0) is 30.1. The third-order valence-corrected chi connectivity index (χ3v) is 8.88. The summed E-state index contributed by atoms with van der Waals surface area (Å²) in [7, 11) is -2.32. The van der Waals surface area contributed by atoms with Gasteiger partial charge >= 0.3 is 0 Å². The molecule has 0 fully saturated rings. The van der Waals surface area contributed by atoms with E-state index in [1.807, 2.05) is 0 Å². The van der Waals surface area contributed by atoms with Gasteiger partial charge in [0.05, 0.1) is 32.6 Å². The predicted octanol–water partition coefficient (Wildman–Crippen LogP) is 7.94. The molecule has 9 heteroatoms. The molecule has 0 aliphatic rings. The van der Waals surface area contributed by atoms with Crippen molar-refractivity contribution in [3.8, 4) is 0 Å². The van der Waals surface area contributed by atoms with Crippen molar-refractivity contribution >= 4 is 31.0 Å². The van der Waals surface area contributed by atoms with Gasteiger partial charge in [-0.2, -0.15) is 8.42 Å². The minimum absolute atomic E-state index is 0.0167. The molecule has 0 unspecified atom stereocenters. The summed E-state index contributed by atoms with van der Waals surface area (Å²) in [4.78, 5) is -0.962. The monoisotopic (exact) mass is 599 g/mol. The Balaban J connectivity index is 0.000000406. The first-order valence-electron chi connectivity index (χ1n) is 15.0. The Bertz CT molecular complexity index is 1120. The van der Waals surface area contributed by atoms with Crippen LogP contribution in [0.25, 0.3) is 10.8 Å². The second kappa shape index (κ2) is 18.8. The lowest BCUT2D eigenvalue weighted by Crippen LogP contribution is -2.35. The fourth-order valence-corrected chi connectivity index (χ4v) is 6.23. The zero-order valence-electron chi connectivity index (χ0n) is 25.2. The number of unbranched alkanes of at least 4 members (excludes halogenated alkanes) is 15. The van der Waals surface area contributed by atoms with E-state index >= 15 is 0 Å². The summed E-state index contributed by atoms with van der Waals surface area (Å²) in [6, 6.07) is 7.31. The molecule has 2 rings (SSSR count). The van der Waals surface area contributed by atoms with E-state index in [-0.39, 0.29) is 10.8 Å². The zero-order valence-corrected chi connectivity index (χ0v) is 26.9. The maximum Gasteiger partial charge on any atom is 0.295 e. The molecule has 2 aromatic rings. The number of hydrogen-bond donors (Lipinski definition) is 1. The van der Waals surface area contributed by atoms with Crippen molar-refractivity contribution in [1.82, 2.24) is 0 Å². The molecule has 0 aliphatic heterocycles. The SMILES string of the molecule is CCCCCCCCCCCCCCCCCC[N+](C)(C)C.O=S(=O)([O-])c1cccc2c(S(=O)(=O)O)cccc12. The van der Waals surface area contributed by atoms with E-state index in [4.69, 9.17) is 4.55 Å². The van der Waals surface area contributed by atoms with Crippen molar-refractivity contribution in [2.24, 2.45) is 0 Å². The Labute approximate surface area is 244 Å². The third kappa shape index (κ3) is 16.1. The first kappa shape index (κ1) is 36.5. The molecule has 0 aliphatic carbocycles. The van der Waals surface area contributed by atoms with Crippen molar-refractivity contribution in [2.75, 3.05) is 27.7 Å². The highest BCUT2D eigenvalue weighted by atomic mass is 32.2. The van der Waals surface area contributed by atoms with Gasteiger partial charge in [0.1, 0.15) is 15.0 Å². The smallest absolute Gasteiger partial charge is 0.295 e. The van der Waals surface area contributed by atoms with E-state index in [0.29, 0.717) is 0 Å². The molecule has 0 spiro atoms. The van der Waals surface area contributed by atoms with Crippen LogP contribution in [0, 0.1) is 0 Å². The molecule has 40 heavy (non-hydrogen) atoms. The van der Waals surface area contributed by atoms with Gasteiger partial charge in [-0.1, -0.05) is 121 Å². The summed E-state index contributed by atoms with van der Waals surface area (Å²) in [6.45, 7) is 3.63. The molecule has 0 saturated heterocycles. The van der Waals surface area contributed by atoms with Gasteiger partial charge in [-0.05, 0) is 25.0 Å². The summed E-state index contributed by atoms with van der Waals surface area (Å²) >= 11 is 0. The number of rotatable bonds is 19. The average Bonchev–Trinajstić information content (AvgIpc) is 2.86. The molecule has 7 nitrogen and oxygen atoms in total. The van der Waals surface area contributed by atoms with Crippen molar-refractivity contribution in [3.05, 3.63) is 36.4 Å². The van der Waals surface area contributed by atoms with Gasteiger partial charge in [-0.3, -0.25) is 4.55 Å². The van der Waals surface area contributed by atoms with Gasteiger partial charge in [0.15, 0.2) is 0 Å². The molecule has 0 aromatic heterocycles. The fourth-order valence-electron chi connectivity index (χ4n) is 4.83. The second-order valence-electron chi connectivity index (χ2n) is 11.9. The van der Waals surface area contributed by atoms with Crippen molar-refractivity contribution in [1.29, 1.82) is 0 Å². The number of benzene rings is 2. The molecule has 2 aromatic carbocycles. The predicted molar refractivity (Wildman–Crippen MR) is 164 cm³/mol. The number of quaternary nitrogens is 1. The molecular formula is C31H53NO6S2. The summed E-state index contributed by atoms with van der Waals surface area (Å²) in [5, 5.41) is -0.0560. The highest BCUT2D eigenvalue weighted by Crippen LogP contribution is 2.28. The van der Waals surface area contributed by atoms with E-state index in [1.54, 1.807) is 0 Å². The molecule has 0 bridgehead atoms. The Hall–Kier alpha value is -1.52. The lowest BCUT2D eigenvalue weighted by atomic mass is 10.0. The molecule has 0 amide bonds. The Morgan fingerprint density at radius 1 is 0.600 bits per heavy atom. The van der Waals surface area contributed by atoms with Gasteiger partial charge in [0.2, 0.25) is 0 Å². The van der Waals surface area contributed by atoms with Crippen LogP contribution in [0.1, 0.15) is 110 Å². The largest absolute Gasteiger partial charge is 0.744 e. The molecule has 0 atom stereocenters. The van der Waals surface area contributed by atoms with Crippen LogP contribution < -0.4 is 0 Å². The van der Waals surface area contributed by atoms with E-state index in [0.717, 1.165) is 16.6 Å². The average molecular weight is 600 g/mol. The molecule has 1 N–H and O–H groups in total. The van der Waals surface area contributed by atoms with E-state index in [2.05, 4.69) is 28.1 Å². The summed E-state index contributed by atoms with van der Waals surface area (Å²) in [6.07, 6.45) is 23.4. The van der Waals surface area contributed by atoms with Gasteiger partial charge < -0.3 is 9.04 Å². The van der Waals surface area contributed by atoms with Crippen molar-refractivity contribution in [2.45, 2.75) is 119 Å². The first-order chi connectivity index (χ1) is 18.8. The summed E-state index contributed by atoms with van der Waals surface area (Å²) < 4.78 is 65.5. The number of hydrogen-bond acceptors (Lipinski definition) is 5. The van der Waals surface area contributed by atoms with E-state index in [9.17, 15) is 21.4 Å². The normalized spacial score (nSPS) is 12.3. The summed E-state index contributed by atoms with van der Waals surface area (Å²) in [5.74, 6) is 0. The van der Waals surface area contributed by atoms with Crippen LogP contribution in [0.15, 0.2) is 46.2 Å². The van der Waals surface area contributed by atoms with Gasteiger partial charge in [-0.15, -0.1) is 0 Å². The minimum Gasteiger partial charge on any atom is -0.744 e. The van der Waals surface area contributed by atoms with Crippen LogP contribution >= 0.6 is 0 Å². The first-order valence-corrected chi connectivity index (χ1v) is 17.9. The number of fused-ring (bicyclic) bond motifs is 1. The lowest BCUT2D eigenvalue weighted by molar-refractivity contribution is -0.870. The molecule has 230 valence electrons. The van der Waals surface area contributed by atoms with Crippen LogP contribution in [0.2, 0.25) is 0 Å². The molecule has 0 radical (unpaired) electrons. The summed E-state index contributed by atoms with van der Waals surface area (Å²) in [5.41, 5.74) is 0. The highest BCUT2D eigenvalue weighted by Gasteiger charge is 2.16. The lowest BCUT2D eigenvalue weighted by Gasteiger charge is -2.23. The van der Waals surface area contributed by atoms with Crippen molar-refractivity contribution < 1.29 is 30.4 Å². The Morgan fingerprint density at radius 3 is 1.30 bits per heavy atom. The molecular weight excluding hydrogens is 546 g/mol.